The first-order valence-electron chi connectivity index (χ1n) is 4.88. The molecular formula is C9H14N4O. The maximum Gasteiger partial charge on any atom is 0.118 e. The minimum atomic E-state index is -0.299. The van der Waals surface area contributed by atoms with Crippen LogP contribution in [0.1, 0.15) is 12.8 Å². The van der Waals surface area contributed by atoms with E-state index in [9.17, 15) is 0 Å². The Morgan fingerprint density at radius 3 is 3.07 bits per heavy atom. The molecule has 0 aromatic heterocycles. The van der Waals surface area contributed by atoms with Crippen molar-refractivity contribution in [3.8, 4) is 6.07 Å². The van der Waals surface area contributed by atoms with Crippen molar-refractivity contribution in [2.24, 2.45) is 16.8 Å². The molecule has 2 aliphatic rings. The van der Waals surface area contributed by atoms with Crippen molar-refractivity contribution >= 4 is 6.21 Å². The summed E-state index contributed by atoms with van der Waals surface area (Å²) in [5.74, 6) is -0.281. The van der Waals surface area contributed by atoms with E-state index < -0.39 is 0 Å². The fraction of sp³-hybridized carbons (Fsp3) is 0.778. The summed E-state index contributed by atoms with van der Waals surface area (Å²) >= 11 is 0. The SMILES string of the molecule is N#CC1C=NN(C2CCCOC2)C1N. The van der Waals surface area contributed by atoms with Gasteiger partial charge in [-0.1, -0.05) is 0 Å². The highest BCUT2D eigenvalue weighted by Gasteiger charge is 2.33. The van der Waals surface area contributed by atoms with Gasteiger partial charge in [-0.25, -0.2) is 0 Å². The molecule has 0 aliphatic carbocycles. The maximum absolute atomic E-state index is 8.77. The Bertz CT molecular complexity index is 266. The van der Waals surface area contributed by atoms with Crippen molar-refractivity contribution < 1.29 is 4.74 Å². The zero-order chi connectivity index (χ0) is 9.97. The lowest BCUT2D eigenvalue weighted by Crippen LogP contribution is -2.48. The van der Waals surface area contributed by atoms with E-state index in [1.165, 1.54) is 0 Å². The number of nitriles is 1. The van der Waals surface area contributed by atoms with Gasteiger partial charge in [0.15, 0.2) is 0 Å². The summed E-state index contributed by atoms with van der Waals surface area (Å²) in [7, 11) is 0. The average molecular weight is 194 g/mol. The lowest BCUT2D eigenvalue weighted by Gasteiger charge is -2.33. The van der Waals surface area contributed by atoms with Crippen LogP contribution < -0.4 is 5.73 Å². The number of hydrazone groups is 1. The van der Waals surface area contributed by atoms with Crippen LogP contribution in [0.4, 0.5) is 0 Å². The number of nitrogens with two attached hydrogens (primary N) is 1. The van der Waals surface area contributed by atoms with E-state index in [1.54, 1.807) is 6.21 Å². The van der Waals surface area contributed by atoms with E-state index in [0.29, 0.717) is 6.61 Å². The zero-order valence-electron chi connectivity index (χ0n) is 7.97. The Kier molecular flexibility index (Phi) is 2.66. The Labute approximate surface area is 83.1 Å². The van der Waals surface area contributed by atoms with Crippen LogP contribution in [0.25, 0.3) is 0 Å². The highest BCUT2D eigenvalue weighted by molar-refractivity contribution is 5.66. The molecule has 14 heavy (non-hydrogen) atoms. The van der Waals surface area contributed by atoms with E-state index >= 15 is 0 Å². The standard InChI is InChI=1S/C9H14N4O/c10-4-7-5-12-13(9(7)11)8-2-1-3-14-6-8/h5,7-9H,1-3,6,11H2. The lowest BCUT2D eigenvalue weighted by molar-refractivity contribution is 0.00529. The molecule has 0 aromatic carbocycles. The molecular weight excluding hydrogens is 180 g/mol. The summed E-state index contributed by atoms with van der Waals surface area (Å²) in [4.78, 5) is 0. The number of ether oxygens (including phenoxy) is 1. The van der Waals surface area contributed by atoms with Gasteiger partial charge in [-0.05, 0) is 12.8 Å². The maximum atomic E-state index is 8.77. The average Bonchev–Trinajstić information content (AvgIpc) is 2.61. The van der Waals surface area contributed by atoms with Crippen LogP contribution in [0.2, 0.25) is 0 Å². The number of hydrogen-bond acceptors (Lipinski definition) is 5. The number of hydrogen-bond donors (Lipinski definition) is 1. The van der Waals surface area contributed by atoms with Gasteiger partial charge in [0.1, 0.15) is 12.1 Å². The Morgan fingerprint density at radius 2 is 2.50 bits per heavy atom. The predicted molar refractivity (Wildman–Crippen MR) is 51.3 cm³/mol. The van der Waals surface area contributed by atoms with Gasteiger partial charge in [0.2, 0.25) is 0 Å². The Morgan fingerprint density at radius 1 is 1.64 bits per heavy atom. The summed E-state index contributed by atoms with van der Waals surface area (Å²) < 4.78 is 5.36. The van der Waals surface area contributed by atoms with Crippen molar-refractivity contribution in [3.05, 3.63) is 0 Å². The number of nitrogens with zero attached hydrogens (tertiary/aromatic N) is 3. The molecule has 0 radical (unpaired) electrons. The lowest BCUT2D eigenvalue weighted by atomic mass is 10.1. The van der Waals surface area contributed by atoms with Crippen LogP contribution in [0.3, 0.4) is 0 Å². The van der Waals surface area contributed by atoms with Crippen molar-refractivity contribution in [1.82, 2.24) is 5.01 Å². The van der Waals surface area contributed by atoms with Gasteiger partial charge < -0.3 is 10.5 Å². The molecule has 5 nitrogen and oxygen atoms in total. The predicted octanol–water partition coefficient (Wildman–Crippen LogP) is -0.109. The third kappa shape index (κ3) is 1.59. The monoisotopic (exact) mass is 194 g/mol. The smallest absolute Gasteiger partial charge is 0.118 e. The van der Waals surface area contributed by atoms with Crippen LogP contribution >= 0.6 is 0 Å². The Balaban J connectivity index is 1.99. The van der Waals surface area contributed by atoms with Crippen molar-refractivity contribution in [1.29, 1.82) is 5.26 Å². The Hall–Kier alpha value is -1.12. The molecule has 0 spiro atoms. The van der Waals surface area contributed by atoms with Gasteiger partial charge in [-0.2, -0.15) is 10.4 Å². The van der Waals surface area contributed by atoms with Crippen LogP contribution in [0.5, 0.6) is 0 Å². The number of rotatable bonds is 1. The first-order chi connectivity index (χ1) is 6.83. The third-order valence-electron chi connectivity index (χ3n) is 2.69. The van der Waals surface area contributed by atoms with Gasteiger partial charge in [-0.15, -0.1) is 0 Å². The third-order valence-corrected chi connectivity index (χ3v) is 2.69. The highest BCUT2D eigenvalue weighted by atomic mass is 16.5. The van der Waals surface area contributed by atoms with E-state index in [4.69, 9.17) is 15.7 Å². The summed E-state index contributed by atoms with van der Waals surface area (Å²) in [6.07, 6.45) is 3.41. The van der Waals surface area contributed by atoms with Crippen LogP contribution in [0.15, 0.2) is 5.10 Å². The van der Waals surface area contributed by atoms with E-state index in [-0.39, 0.29) is 18.1 Å². The molecule has 2 heterocycles. The normalized spacial score (nSPS) is 37.1. The summed E-state index contributed by atoms with van der Waals surface area (Å²) in [5.41, 5.74) is 5.89. The van der Waals surface area contributed by atoms with Gasteiger partial charge in [0.05, 0.1) is 18.7 Å². The molecule has 2 aliphatic heterocycles. The van der Waals surface area contributed by atoms with E-state index in [1.807, 2.05) is 5.01 Å². The minimum absolute atomic E-state index is 0.244. The van der Waals surface area contributed by atoms with Crippen LogP contribution in [-0.4, -0.2) is 36.6 Å². The van der Waals surface area contributed by atoms with Crippen LogP contribution in [0, 0.1) is 17.2 Å². The quantitative estimate of drug-likeness (QED) is 0.632. The fourth-order valence-electron chi connectivity index (χ4n) is 1.86. The van der Waals surface area contributed by atoms with E-state index in [2.05, 4.69) is 11.2 Å². The van der Waals surface area contributed by atoms with Crippen LogP contribution in [-0.2, 0) is 4.74 Å². The molecule has 3 unspecified atom stereocenters. The second-order valence-electron chi connectivity index (χ2n) is 3.66. The van der Waals surface area contributed by atoms with Gasteiger partial charge >= 0.3 is 0 Å². The zero-order valence-corrected chi connectivity index (χ0v) is 7.97. The highest BCUT2D eigenvalue weighted by Crippen LogP contribution is 2.21. The topological polar surface area (TPSA) is 74.6 Å². The van der Waals surface area contributed by atoms with Crippen molar-refractivity contribution in [2.75, 3.05) is 13.2 Å². The molecule has 1 saturated heterocycles. The molecule has 0 bridgehead atoms. The molecule has 0 aromatic rings. The summed E-state index contributed by atoms with van der Waals surface area (Å²) in [5, 5.41) is 14.8. The van der Waals surface area contributed by atoms with Gasteiger partial charge in [-0.3, -0.25) is 5.01 Å². The fourth-order valence-corrected chi connectivity index (χ4v) is 1.86. The first kappa shape index (κ1) is 9.44. The van der Waals surface area contributed by atoms with E-state index in [0.717, 1.165) is 19.4 Å². The molecule has 0 saturated carbocycles. The molecule has 5 heteroatoms. The largest absolute Gasteiger partial charge is 0.379 e. The molecule has 2 rings (SSSR count). The molecule has 0 amide bonds. The van der Waals surface area contributed by atoms with Crippen molar-refractivity contribution in [2.45, 2.75) is 25.0 Å². The van der Waals surface area contributed by atoms with Crippen molar-refractivity contribution in [3.63, 3.8) is 0 Å². The molecule has 2 N–H and O–H groups in total. The molecule has 3 atom stereocenters. The summed E-state index contributed by atoms with van der Waals surface area (Å²) in [6, 6.07) is 2.37. The minimum Gasteiger partial charge on any atom is -0.379 e. The molecule has 76 valence electrons. The van der Waals surface area contributed by atoms with Gasteiger partial charge in [0, 0.05) is 12.8 Å². The first-order valence-corrected chi connectivity index (χ1v) is 4.88. The second kappa shape index (κ2) is 3.95. The molecule has 1 fully saturated rings. The van der Waals surface area contributed by atoms with Gasteiger partial charge in [0.25, 0.3) is 0 Å². The second-order valence-corrected chi connectivity index (χ2v) is 3.66. The summed E-state index contributed by atoms with van der Waals surface area (Å²) in [6.45, 7) is 1.49.